The van der Waals surface area contributed by atoms with Gasteiger partial charge in [0.05, 0.1) is 0 Å². The van der Waals surface area contributed by atoms with E-state index in [1.54, 1.807) is 18.5 Å². The number of Topliss-reactive ketones (excluding diaryl/α,β-unsaturated/α-hetero) is 1. The molecule has 0 bridgehead atoms. The summed E-state index contributed by atoms with van der Waals surface area (Å²) in [5.41, 5.74) is 1.66. The zero-order valence-corrected chi connectivity index (χ0v) is 19.3. The van der Waals surface area contributed by atoms with Crippen molar-refractivity contribution in [1.82, 2.24) is 4.57 Å². The number of allylic oxidation sites excluding steroid dienone is 2. The molecule has 0 atom stereocenters. The number of hydrogen-bond donors (Lipinski definition) is 0. The van der Waals surface area contributed by atoms with Crippen molar-refractivity contribution in [1.29, 1.82) is 0 Å². The summed E-state index contributed by atoms with van der Waals surface area (Å²) >= 11 is 1.39. The van der Waals surface area contributed by atoms with E-state index in [0.29, 0.717) is 11.3 Å². The summed E-state index contributed by atoms with van der Waals surface area (Å²) in [6.45, 7) is 1.62. The van der Waals surface area contributed by atoms with E-state index in [9.17, 15) is 14.4 Å². The van der Waals surface area contributed by atoms with Gasteiger partial charge in [0, 0.05) is 0 Å². The number of hydrogen-bond acceptors (Lipinski definition) is 6. The Balaban J connectivity index is 2.42. The number of aromatic nitrogens is 1. The molecular formula is C13H12BrHgNO6. The van der Waals surface area contributed by atoms with Gasteiger partial charge in [-0.15, -0.1) is 0 Å². The third-order valence-corrected chi connectivity index (χ3v) is 6.84. The van der Waals surface area contributed by atoms with Crippen molar-refractivity contribution < 1.29 is 49.1 Å². The number of nitrogens with zero attached hydrogens (tertiary/aromatic N) is 1. The molecule has 0 aromatic carbocycles. The Morgan fingerprint density at radius 3 is 2.68 bits per heavy atom. The van der Waals surface area contributed by atoms with Crippen molar-refractivity contribution in [3.63, 3.8) is 0 Å². The van der Waals surface area contributed by atoms with E-state index in [2.05, 4.69) is 11.9 Å². The molecule has 0 saturated carbocycles. The molecule has 1 aliphatic rings. The first-order valence-electron chi connectivity index (χ1n) is 6.30. The number of ketones is 2. The van der Waals surface area contributed by atoms with E-state index in [0.717, 1.165) is 0 Å². The summed E-state index contributed by atoms with van der Waals surface area (Å²) in [5, 5.41) is 0. The van der Waals surface area contributed by atoms with Crippen molar-refractivity contribution in [2.45, 2.75) is 13.5 Å². The molecule has 7 nitrogen and oxygen atoms in total. The molecule has 0 unspecified atom stereocenters. The summed E-state index contributed by atoms with van der Waals surface area (Å²) in [6.07, 6.45) is 0.399. The first kappa shape index (κ1) is 17.2. The normalized spacial score (nSPS) is 13.2. The molecule has 0 spiro atoms. The van der Waals surface area contributed by atoms with Crippen LogP contribution in [0.3, 0.4) is 0 Å². The molecule has 0 N–H and O–H groups in total. The number of methoxy groups -OCH3 is 1. The molecular weight excluding hydrogens is 547 g/mol. The summed E-state index contributed by atoms with van der Waals surface area (Å²) < 4.78 is 16.4. The molecule has 1 aromatic heterocycles. The van der Waals surface area contributed by atoms with Gasteiger partial charge >= 0.3 is 145 Å². The Labute approximate surface area is 144 Å². The van der Waals surface area contributed by atoms with Crippen molar-refractivity contribution >= 4 is 29.6 Å². The second kappa shape index (κ2) is 6.95. The van der Waals surface area contributed by atoms with Crippen LogP contribution < -0.4 is 0 Å². The summed E-state index contributed by atoms with van der Waals surface area (Å²) in [5.74, 6) is -0.735. The molecule has 1 aliphatic carbocycles. The van der Waals surface area contributed by atoms with Crippen LogP contribution in [0.25, 0.3) is 0 Å². The molecule has 0 aliphatic heterocycles. The van der Waals surface area contributed by atoms with Gasteiger partial charge in [0.15, 0.2) is 0 Å². The maximum absolute atomic E-state index is 12.4. The van der Waals surface area contributed by atoms with Gasteiger partial charge in [0.2, 0.25) is 0 Å². The minimum absolute atomic E-state index is 0.0239. The SMILES string of the molecule is COC1=CC(=O)c2c(c(COC(=O)[O][Hg][Br])c(C)n2C)C1=O. The van der Waals surface area contributed by atoms with Gasteiger partial charge in [0.1, 0.15) is 0 Å². The van der Waals surface area contributed by atoms with E-state index in [1.165, 1.54) is 13.2 Å². The molecule has 0 radical (unpaired) electrons. The van der Waals surface area contributed by atoms with Crippen LogP contribution in [-0.4, -0.2) is 29.4 Å². The van der Waals surface area contributed by atoms with Gasteiger partial charge in [-0.3, -0.25) is 0 Å². The molecule has 22 heavy (non-hydrogen) atoms. The van der Waals surface area contributed by atoms with Gasteiger partial charge in [-0.2, -0.15) is 0 Å². The Morgan fingerprint density at radius 2 is 2.09 bits per heavy atom. The molecule has 0 fully saturated rings. The molecule has 2 rings (SSSR count). The van der Waals surface area contributed by atoms with Crippen molar-refractivity contribution in [3.05, 3.63) is 34.3 Å². The first-order valence-corrected chi connectivity index (χ1v) is 20.5. The predicted octanol–water partition coefficient (Wildman–Crippen LogP) is 2.20. The fourth-order valence-corrected chi connectivity index (χ4v) is 4.63. The average Bonchev–Trinajstić information content (AvgIpc) is 2.74. The third kappa shape index (κ3) is 2.98. The second-order valence-corrected chi connectivity index (χ2v) is 10.5. The zero-order valence-electron chi connectivity index (χ0n) is 12.3. The van der Waals surface area contributed by atoms with Gasteiger partial charge < -0.3 is 0 Å². The second-order valence-electron chi connectivity index (χ2n) is 4.54. The van der Waals surface area contributed by atoms with Crippen molar-refractivity contribution in [3.8, 4) is 0 Å². The standard InChI is InChI=1S/C13H13NO6.BrH.Hg/c1-6-7(5-20-13(17)18)10-11(14(6)2)8(15)4-9(19-3)12(10)16;;/h4H,5H2,1-3H3,(H,17,18);1H;/q;;+2/p-2. The van der Waals surface area contributed by atoms with Crippen LogP contribution in [0.4, 0.5) is 4.79 Å². The number of ether oxygens (including phenoxy) is 2. The fraction of sp³-hybridized carbons (Fsp3) is 0.308. The Morgan fingerprint density at radius 1 is 1.41 bits per heavy atom. The third-order valence-electron chi connectivity index (χ3n) is 3.49. The molecule has 0 amide bonds. The van der Waals surface area contributed by atoms with E-state index in [-0.39, 0.29) is 29.4 Å². The number of carbonyl (C=O) groups is 3. The van der Waals surface area contributed by atoms with Gasteiger partial charge in [-0.05, 0) is 0 Å². The summed E-state index contributed by atoms with van der Waals surface area (Å²) in [4.78, 5) is 35.9. The molecule has 1 heterocycles. The van der Waals surface area contributed by atoms with Crippen LogP contribution in [-0.2, 0) is 48.4 Å². The van der Waals surface area contributed by atoms with Crippen molar-refractivity contribution in [2.75, 3.05) is 7.11 Å². The van der Waals surface area contributed by atoms with E-state index in [1.807, 2.05) is 0 Å². The van der Waals surface area contributed by atoms with E-state index < -0.39 is 34.5 Å². The summed E-state index contributed by atoms with van der Waals surface area (Å²) in [7, 11) is 3.01. The first-order chi connectivity index (χ1) is 10.4. The van der Waals surface area contributed by atoms with Crippen LogP contribution in [0.2, 0.25) is 0 Å². The quantitative estimate of drug-likeness (QED) is 0.416. The molecule has 1 aromatic rings. The molecule has 9 heteroatoms. The monoisotopic (exact) mass is 559 g/mol. The predicted molar refractivity (Wildman–Crippen MR) is 74.1 cm³/mol. The zero-order chi connectivity index (χ0) is 16.4. The van der Waals surface area contributed by atoms with Crippen molar-refractivity contribution in [2.24, 2.45) is 7.05 Å². The van der Waals surface area contributed by atoms with Crippen LogP contribution >= 0.6 is 11.9 Å². The molecule has 0 saturated heterocycles. The number of halogens is 1. The van der Waals surface area contributed by atoms with E-state index >= 15 is 0 Å². The van der Waals surface area contributed by atoms with Crippen LogP contribution in [0.1, 0.15) is 32.1 Å². The maximum atomic E-state index is 12.4. The van der Waals surface area contributed by atoms with Crippen LogP contribution in [0, 0.1) is 6.92 Å². The number of carbonyl (C=O) groups excluding carboxylic acids is 3. The molecule has 114 valence electrons. The number of rotatable bonds is 4. The summed E-state index contributed by atoms with van der Waals surface area (Å²) in [6, 6.07) is 0. The Kier molecular flexibility index (Phi) is 5.43. The number of fused-ring (bicyclic) bond motifs is 1. The van der Waals surface area contributed by atoms with Gasteiger partial charge in [-0.25, -0.2) is 0 Å². The van der Waals surface area contributed by atoms with Gasteiger partial charge in [-0.1, -0.05) is 0 Å². The fourth-order valence-electron chi connectivity index (χ4n) is 2.32. The average molecular weight is 559 g/mol. The Hall–Kier alpha value is -1.15. The van der Waals surface area contributed by atoms with Crippen LogP contribution in [0.15, 0.2) is 11.8 Å². The van der Waals surface area contributed by atoms with Gasteiger partial charge in [0.25, 0.3) is 0 Å². The van der Waals surface area contributed by atoms with Crippen LogP contribution in [0.5, 0.6) is 0 Å². The van der Waals surface area contributed by atoms with E-state index in [4.69, 9.17) is 12.1 Å². The Bertz CT molecular complexity index is 693. The topological polar surface area (TPSA) is 83.8 Å². The minimum atomic E-state index is -1.77.